The highest BCUT2D eigenvalue weighted by Gasteiger charge is 2.17. The summed E-state index contributed by atoms with van der Waals surface area (Å²) in [6.45, 7) is 3.72. The first-order chi connectivity index (χ1) is 13.7. The molecule has 0 aromatic heterocycles. The zero-order valence-electron chi connectivity index (χ0n) is 16.8. The molecular formula is C20H25ClN2O5S. The molecule has 0 radical (unpaired) electrons. The highest BCUT2D eigenvalue weighted by molar-refractivity contribution is 7.89. The van der Waals surface area contributed by atoms with Crippen molar-refractivity contribution in [1.82, 2.24) is 4.72 Å². The minimum Gasteiger partial charge on any atom is -0.495 e. The highest BCUT2D eigenvalue weighted by atomic mass is 35.5. The van der Waals surface area contributed by atoms with Crippen molar-refractivity contribution in [3.63, 3.8) is 0 Å². The van der Waals surface area contributed by atoms with Gasteiger partial charge >= 0.3 is 0 Å². The smallest absolute Gasteiger partial charge is 0.240 e. The average molecular weight is 441 g/mol. The van der Waals surface area contributed by atoms with Gasteiger partial charge in [-0.2, -0.15) is 0 Å². The lowest BCUT2D eigenvalue weighted by molar-refractivity contribution is -0.116. The van der Waals surface area contributed by atoms with Crippen LogP contribution < -0.4 is 19.5 Å². The van der Waals surface area contributed by atoms with E-state index in [0.29, 0.717) is 34.2 Å². The Hall–Kier alpha value is -2.29. The van der Waals surface area contributed by atoms with Crippen molar-refractivity contribution in [1.29, 1.82) is 0 Å². The third-order valence-corrected chi connectivity index (χ3v) is 6.15. The van der Waals surface area contributed by atoms with E-state index in [1.54, 1.807) is 31.2 Å². The number of carbonyl (C=O) groups is 1. The van der Waals surface area contributed by atoms with Gasteiger partial charge in [-0.25, -0.2) is 13.1 Å². The number of benzene rings is 2. The van der Waals surface area contributed by atoms with Gasteiger partial charge in [-0.15, -0.1) is 0 Å². The van der Waals surface area contributed by atoms with Crippen LogP contribution in [0.15, 0.2) is 35.2 Å². The molecule has 2 rings (SSSR count). The maximum absolute atomic E-state index is 12.5. The quantitative estimate of drug-likeness (QED) is 0.580. The summed E-state index contributed by atoms with van der Waals surface area (Å²) in [5, 5.41) is 3.06. The van der Waals surface area contributed by atoms with Crippen LogP contribution >= 0.6 is 11.6 Å². The molecule has 158 valence electrons. The third kappa shape index (κ3) is 6.09. The summed E-state index contributed by atoms with van der Waals surface area (Å²) < 4.78 is 37.8. The second kappa shape index (κ2) is 9.96. The molecule has 0 atom stereocenters. The van der Waals surface area contributed by atoms with Crippen LogP contribution in [0.3, 0.4) is 0 Å². The summed E-state index contributed by atoms with van der Waals surface area (Å²) in [7, 11) is -0.670. The minimum atomic E-state index is -3.63. The highest BCUT2D eigenvalue weighted by Crippen LogP contribution is 2.35. The number of methoxy groups -OCH3 is 2. The van der Waals surface area contributed by atoms with Gasteiger partial charge in [0.25, 0.3) is 0 Å². The Bertz CT molecular complexity index is 993. The van der Waals surface area contributed by atoms with Crippen LogP contribution in [0.25, 0.3) is 0 Å². The Morgan fingerprint density at radius 2 is 1.76 bits per heavy atom. The first-order valence-corrected chi connectivity index (χ1v) is 10.8. The van der Waals surface area contributed by atoms with Crippen molar-refractivity contribution in [3.05, 3.63) is 46.5 Å². The number of amides is 1. The van der Waals surface area contributed by atoms with Crippen LogP contribution in [0, 0.1) is 13.8 Å². The molecule has 2 aromatic carbocycles. The van der Waals surface area contributed by atoms with Crippen molar-refractivity contribution in [3.8, 4) is 11.5 Å². The molecule has 1 amide bonds. The number of sulfonamides is 1. The lowest BCUT2D eigenvalue weighted by Crippen LogP contribution is -2.26. The fourth-order valence-electron chi connectivity index (χ4n) is 2.70. The predicted octanol–water partition coefficient (Wildman–Crippen LogP) is 3.67. The number of anilines is 1. The number of ether oxygens (including phenoxy) is 2. The molecular weight excluding hydrogens is 416 g/mol. The zero-order valence-corrected chi connectivity index (χ0v) is 18.4. The fraction of sp³-hybridized carbons (Fsp3) is 0.350. The van der Waals surface area contributed by atoms with Gasteiger partial charge in [0.2, 0.25) is 15.9 Å². The van der Waals surface area contributed by atoms with Gasteiger partial charge in [0, 0.05) is 19.0 Å². The molecule has 0 saturated carbocycles. The number of aryl methyl sites for hydroxylation is 2. The summed E-state index contributed by atoms with van der Waals surface area (Å²) in [6.07, 6.45) is 0.463. The molecule has 0 spiro atoms. The van der Waals surface area contributed by atoms with Gasteiger partial charge in [0.1, 0.15) is 11.5 Å². The van der Waals surface area contributed by atoms with E-state index in [0.717, 1.165) is 5.56 Å². The van der Waals surface area contributed by atoms with E-state index in [1.165, 1.54) is 14.2 Å². The molecule has 0 bridgehead atoms. The molecule has 0 unspecified atom stereocenters. The molecule has 2 aromatic rings. The first kappa shape index (κ1) is 23.0. The number of rotatable bonds is 9. The standard InChI is InChI=1S/C20H25ClN2O5S/c1-13-7-8-14(2)19(10-13)29(25,26)22-9-5-6-20(24)23-16-11-15(21)17(27-3)12-18(16)28-4/h7-8,10-12,22H,5-6,9H2,1-4H3,(H,23,24). The van der Waals surface area contributed by atoms with Gasteiger partial charge in [-0.1, -0.05) is 23.7 Å². The largest absolute Gasteiger partial charge is 0.495 e. The number of carbonyl (C=O) groups excluding carboxylic acids is 1. The Balaban J connectivity index is 1.92. The van der Waals surface area contributed by atoms with Crippen LogP contribution in [0.1, 0.15) is 24.0 Å². The lowest BCUT2D eigenvalue weighted by atomic mass is 10.2. The SMILES string of the molecule is COc1cc(OC)c(NC(=O)CCCNS(=O)(=O)c2cc(C)ccc2C)cc1Cl. The van der Waals surface area contributed by atoms with Crippen molar-refractivity contribution in [2.75, 3.05) is 26.1 Å². The van der Waals surface area contributed by atoms with E-state index in [9.17, 15) is 13.2 Å². The van der Waals surface area contributed by atoms with E-state index in [4.69, 9.17) is 21.1 Å². The summed E-state index contributed by atoms with van der Waals surface area (Å²) in [5.74, 6) is 0.563. The molecule has 2 N–H and O–H groups in total. The van der Waals surface area contributed by atoms with Gasteiger partial charge in [-0.05, 0) is 43.5 Å². The molecule has 29 heavy (non-hydrogen) atoms. The minimum absolute atomic E-state index is 0.127. The van der Waals surface area contributed by atoms with Crippen molar-refractivity contribution >= 4 is 33.2 Å². The molecule has 0 aliphatic heterocycles. The third-order valence-electron chi connectivity index (χ3n) is 4.25. The molecule has 0 aliphatic rings. The summed E-state index contributed by atoms with van der Waals surface area (Å²) in [4.78, 5) is 12.5. The number of hydrogen-bond acceptors (Lipinski definition) is 5. The van der Waals surface area contributed by atoms with Crippen LogP contribution in [0.4, 0.5) is 5.69 Å². The Labute approximate surface area is 176 Å². The zero-order chi connectivity index (χ0) is 21.6. The van der Waals surface area contributed by atoms with Gasteiger partial charge in [0.15, 0.2) is 0 Å². The van der Waals surface area contributed by atoms with E-state index >= 15 is 0 Å². The predicted molar refractivity (Wildman–Crippen MR) is 114 cm³/mol. The van der Waals surface area contributed by atoms with Gasteiger partial charge < -0.3 is 14.8 Å². The molecule has 0 fully saturated rings. The first-order valence-electron chi connectivity index (χ1n) is 8.96. The number of hydrogen-bond donors (Lipinski definition) is 2. The molecule has 0 heterocycles. The normalized spacial score (nSPS) is 11.2. The second-order valence-corrected chi connectivity index (χ2v) is 8.65. The van der Waals surface area contributed by atoms with Gasteiger partial charge in [0.05, 0.1) is 29.8 Å². The van der Waals surface area contributed by atoms with E-state index < -0.39 is 10.0 Å². The van der Waals surface area contributed by atoms with Crippen LogP contribution in [0.5, 0.6) is 11.5 Å². The molecule has 0 aliphatic carbocycles. The maximum Gasteiger partial charge on any atom is 0.240 e. The van der Waals surface area contributed by atoms with Crippen LogP contribution in [-0.2, 0) is 14.8 Å². The molecule has 0 saturated heterocycles. The fourth-order valence-corrected chi connectivity index (χ4v) is 4.34. The van der Waals surface area contributed by atoms with Crippen molar-refractivity contribution < 1.29 is 22.7 Å². The van der Waals surface area contributed by atoms with Crippen molar-refractivity contribution in [2.24, 2.45) is 0 Å². The van der Waals surface area contributed by atoms with Gasteiger partial charge in [-0.3, -0.25) is 4.79 Å². The molecule has 7 nitrogen and oxygen atoms in total. The summed E-state index contributed by atoms with van der Waals surface area (Å²) in [5.41, 5.74) is 1.95. The Morgan fingerprint density at radius 1 is 1.07 bits per heavy atom. The Kier molecular flexibility index (Phi) is 7.89. The molecule has 9 heteroatoms. The number of halogens is 1. The van der Waals surface area contributed by atoms with Crippen LogP contribution in [0.2, 0.25) is 5.02 Å². The number of nitrogens with one attached hydrogen (secondary N) is 2. The topological polar surface area (TPSA) is 93.7 Å². The summed E-state index contributed by atoms with van der Waals surface area (Å²) in [6, 6.07) is 8.38. The Morgan fingerprint density at radius 3 is 2.41 bits per heavy atom. The monoisotopic (exact) mass is 440 g/mol. The second-order valence-electron chi connectivity index (χ2n) is 6.51. The van der Waals surface area contributed by atoms with E-state index in [1.807, 2.05) is 13.0 Å². The summed E-state index contributed by atoms with van der Waals surface area (Å²) >= 11 is 6.09. The van der Waals surface area contributed by atoms with E-state index in [-0.39, 0.29) is 23.8 Å². The van der Waals surface area contributed by atoms with Crippen molar-refractivity contribution in [2.45, 2.75) is 31.6 Å². The lowest BCUT2D eigenvalue weighted by Gasteiger charge is -2.13. The average Bonchev–Trinajstić information content (AvgIpc) is 2.67. The van der Waals surface area contributed by atoms with Crippen LogP contribution in [-0.4, -0.2) is 35.1 Å². The van der Waals surface area contributed by atoms with E-state index in [2.05, 4.69) is 10.0 Å². The maximum atomic E-state index is 12.5.